The molecule has 0 saturated heterocycles. The molecule has 114 valence electrons. The molecule has 0 spiro atoms. The molecule has 0 bridgehead atoms. The Morgan fingerprint density at radius 1 is 0.913 bits per heavy atom. The molecule has 0 aliphatic carbocycles. The molecule has 0 saturated carbocycles. The highest BCUT2D eigenvalue weighted by Gasteiger charge is 2.19. The van der Waals surface area contributed by atoms with Gasteiger partial charge in [0.2, 0.25) is 0 Å². The van der Waals surface area contributed by atoms with E-state index in [0.717, 1.165) is 16.8 Å². The first-order chi connectivity index (χ1) is 11.3. The first-order valence-corrected chi connectivity index (χ1v) is 7.57. The quantitative estimate of drug-likeness (QED) is 0.722. The molecule has 3 aromatic rings. The summed E-state index contributed by atoms with van der Waals surface area (Å²) in [6.07, 6.45) is 3.29. The summed E-state index contributed by atoms with van der Waals surface area (Å²) in [5.41, 5.74) is 3.74. The molecule has 0 radical (unpaired) electrons. The lowest BCUT2D eigenvalue weighted by Gasteiger charge is -2.25. The Hall–Kier alpha value is -2.94. The van der Waals surface area contributed by atoms with Crippen molar-refractivity contribution in [1.82, 2.24) is 4.98 Å². The van der Waals surface area contributed by atoms with Crippen LogP contribution in [-0.4, -0.2) is 10.9 Å². The van der Waals surface area contributed by atoms with Crippen LogP contribution in [0.3, 0.4) is 0 Å². The Bertz CT molecular complexity index is 785. The van der Waals surface area contributed by atoms with Crippen molar-refractivity contribution in [1.29, 1.82) is 0 Å². The Morgan fingerprint density at radius 3 is 2.26 bits per heavy atom. The highest BCUT2D eigenvalue weighted by Crippen LogP contribution is 2.23. The Labute approximate surface area is 136 Å². The summed E-state index contributed by atoms with van der Waals surface area (Å²) in [7, 11) is 0. The number of para-hydroxylation sites is 1. The van der Waals surface area contributed by atoms with Crippen LogP contribution in [0.15, 0.2) is 79.1 Å². The minimum absolute atomic E-state index is 0.0226. The van der Waals surface area contributed by atoms with Crippen LogP contribution in [0.5, 0.6) is 0 Å². The van der Waals surface area contributed by atoms with Crippen molar-refractivity contribution in [2.75, 3.05) is 4.90 Å². The van der Waals surface area contributed by atoms with Gasteiger partial charge < -0.3 is 4.90 Å². The van der Waals surface area contributed by atoms with Crippen molar-refractivity contribution >= 4 is 11.6 Å². The van der Waals surface area contributed by atoms with Crippen molar-refractivity contribution in [2.45, 2.75) is 13.5 Å². The monoisotopic (exact) mass is 302 g/mol. The molecule has 3 rings (SSSR count). The van der Waals surface area contributed by atoms with Crippen molar-refractivity contribution < 1.29 is 4.79 Å². The molecule has 0 aliphatic heterocycles. The minimum Gasteiger partial charge on any atom is -0.304 e. The minimum atomic E-state index is -0.0226. The highest BCUT2D eigenvalue weighted by atomic mass is 16.2. The number of nitrogens with zero attached hydrogens (tertiary/aromatic N) is 2. The molecule has 0 aliphatic rings. The second kappa shape index (κ2) is 6.88. The van der Waals surface area contributed by atoms with E-state index in [0.29, 0.717) is 12.1 Å². The van der Waals surface area contributed by atoms with E-state index in [1.807, 2.05) is 66.4 Å². The number of hydrogen-bond donors (Lipinski definition) is 0. The normalized spacial score (nSPS) is 10.3. The van der Waals surface area contributed by atoms with Gasteiger partial charge in [-0.15, -0.1) is 0 Å². The average molecular weight is 302 g/mol. The summed E-state index contributed by atoms with van der Waals surface area (Å²) in [5.74, 6) is -0.0226. The summed E-state index contributed by atoms with van der Waals surface area (Å²) in [5, 5.41) is 0. The summed E-state index contributed by atoms with van der Waals surface area (Å²) in [6, 6.07) is 21.5. The molecule has 1 heterocycles. The van der Waals surface area contributed by atoms with E-state index >= 15 is 0 Å². The fourth-order valence-corrected chi connectivity index (χ4v) is 2.55. The van der Waals surface area contributed by atoms with Crippen LogP contribution in [0.2, 0.25) is 0 Å². The first kappa shape index (κ1) is 15.0. The van der Waals surface area contributed by atoms with Crippen molar-refractivity contribution in [3.05, 3.63) is 95.8 Å². The van der Waals surface area contributed by atoms with E-state index in [1.54, 1.807) is 24.5 Å². The molecule has 1 aromatic heterocycles. The van der Waals surface area contributed by atoms with Gasteiger partial charge in [0.15, 0.2) is 0 Å². The van der Waals surface area contributed by atoms with Gasteiger partial charge in [0.25, 0.3) is 5.91 Å². The first-order valence-electron chi connectivity index (χ1n) is 7.57. The van der Waals surface area contributed by atoms with Crippen LogP contribution in [-0.2, 0) is 6.54 Å². The summed E-state index contributed by atoms with van der Waals surface area (Å²) >= 11 is 0. The molecule has 0 N–H and O–H groups in total. The fourth-order valence-electron chi connectivity index (χ4n) is 2.55. The number of aryl methyl sites for hydroxylation is 1. The van der Waals surface area contributed by atoms with Gasteiger partial charge >= 0.3 is 0 Å². The van der Waals surface area contributed by atoms with Gasteiger partial charge in [0, 0.05) is 23.6 Å². The number of carbonyl (C=O) groups excluding carboxylic acids is 1. The van der Waals surface area contributed by atoms with Crippen LogP contribution < -0.4 is 4.90 Å². The van der Waals surface area contributed by atoms with E-state index in [1.165, 1.54) is 0 Å². The lowest BCUT2D eigenvalue weighted by atomic mass is 10.1. The van der Waals surface area contributed by atoms with Gasteiger partial charge in [0.05, 0.1) is 6.54 Å². The van der Waals surface area contributed by atoms with E-state index < -0.39 is 0 Å². The number of pyridine rings is 1. The molecule has 1 amide bonds. The molecule has 23 heavy (non-hydrogen) atoms. The number of rotatable bonds is 4. The van der Waals surface area contributed by atoms with Crippen LogP contribution in [0.1, 0.15) is 21.5 Å². The van der Waals surface area contributed by atoms with E-state index in [9.17, 15) is 4.79 Å². The molecule has 2 aromatic carbocycles. The van der Waals surface area contributed by atoms with Crippen LogP contribution in [0.25, 0.3) is 0 Å². The third kappa shape index (κ3) is 3.46. The van der Waals surface area contributed by atoms with Gasteiger partial charge in [-0.3, -0.25) is 9.78 Å². The van der Waals surface area contributed by atoms with Crippen molar-refractivity contribution in [3.8, 4) is 0 Å². The number of anilines is 1. The number of benzene rings is 2. The number of aromatic nitrogens is 1. The standard InChI is InChI=1S/C20H18N2O/c1-16-7-5-6-10-19(16)22(15-17-8-3-2-4-9-17)20(23)18-11-13-21-14-12-18/h2-14H,15H2,1H3. The second-order valence-corrected chi connectivity index (χ2v) is 5.40. The molecule has 3 nitrogen and oxygen atoms in total. The number of hydrogen-bond acceptors (Lipinski definition) is 2. The summed E-state index contributed by atoms with van der Waals surface area (Å²) in [4.78, 5) is 18.8. The van der Waals surface area contributed by atoms with Gasteiger partial charge in [-0.1, -0.05) is 48.5 Å². The zero-order valence-corrected chi connectivity index (χ0v) is 13.0. The van der Waals surface area contributed by atoms with Crippen LogP contribution in [0, 0.1) is 6.92 Å². The van der Waals surface area contributed by atoms with Crippen LogP contribution >= 0.6 is 0 Å². The average Bonchev–Trinajstić information content (AvgIpc) is 2.61. The maximum atomic E-state index is 13.0. The maximum Gasteiger partial charge on any atom is 0.258 e. The Balaban J connectivity index is 2.00. The molecular formula is C20H18N2O. The van der Waals surface area contributed by atoms with E-state index in [-0.39, 0.29) is 5.91 Å². The topological polar surface area (TPSA) is 33.2 Å². The van der Waals surface area contributed by atoms with E-state index in [4.69, 9.17) is 0 Å². The van der Waals surface area contributed by atoms with Gasteiger partial charge in [0.1, 0.15) is 0 Å². The number of carbonyl (C=O) groups is 1. The predicted octanol–water partition coefficient (Wildman–Crippen LogP) is 4.24. The molecular weight excluding hydrogens is 284 g/mol. The molecule has 0 fully saturated rings. The van der Waals surface area contributed by atoms with Gasteiger partial charge in [-0.05, 0) is 36.2 Å². The van der Waals surface area contributed by atoms with Crippen molar-refractivity contribution in [2.24, 2.45) is 0 Å². The van der Waals surface area contributed by atoms with Crippen LogP contribution in [0.4, 0.5) is 5.69 Å². The molecule has 3 heteroatoms. The largest absolute Gasteiger partial charge is 0.304 e. The summed E-state index contributed by atoms with van der Waals surface area (Å²) < 4.78 is 0. The third-order valence-corrected chi connectivity index (χ3v) is 3.76. The van der Waals surface area contributed by atoms with Crippen molar-refractivity contribution in [3.63, 3.8) is 0 Å². The highest BCUT2D eigenvalue weighted by molar-refractivity contribution is 6.06. The SMILES string of the molecule is Cc1ccccc1N(Cc1ccccc1)C(=O)c1ccncc1. The smallest absolute Gasteiger partial charge is 0.258 e. The Morgan fingerprint density at radius 2 is 1.57 bits per heavy atom. The lowest BCUT2D eigenvalue weighted by molar-refractivity contribution is 0.0985. The predicted molar refractivity (Wildman–Crippen MR) is 92.4 cm³/mol. The van der Waals surface area contributed by atoms with Gasteiger partial charge in [-0.25, -0.2) is 0 Å². The van der Waals surface area contributed by atoms with Gasteiger partial charge in [-0.2, -0.15) is 0 Å². The number of amides is 1. The fraction of sp³-hybridized carbons (Fsp3) is 0.100. The van der Waals surface area contributed by atoms with E-state index in [2.05, 4.69) is 4.98 Å². The molecule has 0 unspecified atom stereocenters. The zero-order valence-electron chi connectivity index (χ0n) is 13.0. The third-order valence-electron chi connectivity index (χ3n) is 3.76. The second-order valence-electron chi connectivity index (χ2n) is 5.40. The maximum absolute atomic E-state index is 13.0. The zero-order chi connectivity index (χ0) is 16.1. The molecule has 0 atom stereocenters. The lowest BCUT2D eigenvalue weighted by Crippen LogP contribution is -2.31. The summed E-state index contributed by atoms with van der Waals surface area (Å²) in [6.45, 7) is 2.56. The Kier molecular flexibility index (Phi) is 4.48.